The number of aromatic nitrogens is 5. The quantitative estimate of drug-likeness (QED) is 0.614. The minimum atomic E-state index is -0.197. The van der Waals surface area contributed by atoms with E-state index >= 15 is 0 Å². The first kappa shape index (κ1) is 8.78. The number of fused-ring (bicyclic) bond motifs is 1. The first-order valence-corrected chi connectivity index (χ1v) is 4.76. The lowest BCUT2D eigenvalue weighted by molar-refractivity contribution is -0.340. The molecule has 2 aromatic heterocycles. The van der Waals surface area contributed by atoms with Gasteiger partial charge in [-0.2, -0.15) is 0 Å². The highest BCUT2D eigenvalue weighted by Crippen LogP contribution is 2.11. The van der Waals surface area contributed by atoms with Crippen molar-refractivity contribution in [1.82, 2.24) is 20.0 Å². The number of nitrogens with one attached hydrogen (secondary N) is 2. The van der Waals surface area contributed by atoms with E-state index in [9.17, 15) is 4.79 Å². The molecule has 3 rings (SSSR count). The summed E-state index contributed by atoms with van der Waals surface area (Å²) in [7, 11) is 0. The van der Waals surface area contributed by atoms with E-state index in [4.69, 9.17) is 0 Å². The maximum absolute atomic E-state index is 11.7. The summed E-state index contributed by atoms with van der Waals surface area (Å²) in [4.78, 5) is 14.7. The Morgan fingerprint density at radius 3 is 2.88 bits per heavy atom. The average molecular weight is 214 g/mol. The van der Waals surface area contributed by atoms with Crippen LogP contribution in [0.1, 0.15) is 0 Å². The highest BCUT2D eigenvalue weighted by Gasteiger charge is 2.12. The lowest BCUT2D eigenvalue weighted by Gasteiger charge is -1.95. The molecule has 0 atom stereocenters. The predicted molar refractivity (Wildman–Crippen MR) is 55.6 cm³/mol. The number of aromatic amines is 2. The van der Waals surface area contributed by atoms with Crippen molar-refractivity contribution in [3.63, 3.8) is 0 Å². The summed E-state index contributed by atoms with van der Waals surface area (Å²) in [6.45, 7) is 0. The molecule has 0 unspecified atom stereocenters. The largest absolute Gasteiger partial charge is 0.448 e. The maximum atomic E-state index is 11.7. The van der Waals surface area contributed by atoms with Crippen molar-refractivity contribution in [3.8, 4) is 11.3 Å². The molecule has 2 heterocycles. The van der Waals surface area contributed by atoms with Crippen LogP contribution in [0.3, 0.4) is 0 Å². The van der Waals surface area contributed by atoms with Crippen LogP contribution in [0, 0.1) is 0 Å². The highest BCUT2D eigenvalue weighted by molar-refractivity contribution is 5.55. The topological polar surface area (TPSA) is 77.2 Å². The van der Waals surface area contributed by atoms with Gasteiger partial charge in [0.2, 0.25) is 0 Å². The van der Waals surface area contributed by atoms with Gasteiger partial charge in [0, 0.05) is 10.8 Å². The monoisotopic (exact) mass is 214 g/mol. The fourth-order valence-corrected chi connectivity index (χ4v) is 1.56. The van der Waals surface area contributed by atoms with Gasteiger partial charge in [-0.3, -0.25) is 0 Å². The maximum Gasteiger partial charge on any atom is 0.448 e. The molecule has 2 N–H and O–H groups in total. The van der Waals surface area contributed by atoms with Gasteiger partial charge in [0.1, 0.15) is 5.69 Å². The van der Waals surface area contributed by atoms with Crippen molar-refractivity contribution in [3.05, 3.63) is 46.8 Å². The molecule has 1 aromatic carbocycles. The molecule has 6 heteroatoms. The molecule has 0 fully saturated rings. The Morgan fingerprint density at radius 1 is 1.25 bits per heavy atom. The Morgan fingerprint density at radius 2 is 2.06 bits per heavy atom. The third-order valence-electron chi connectivity index (χ3n) is 2.32. The molecule has 0 aliphatic carbocycles. The van der Waals surface area contributed by atoms with E-state index in [0.717, 1.165) is 11.3 Å². The number of hydrogen-bond donors (Lipinski definition) is 1. The van der Waals surface area contributed by atoms with Gasteiger partial charge in [-0.15, -0.1) is 5.21 Å². The van der Waals surface area contributed by atoms with Crippen molar-refractivity contribution in [2.24, 2.45) is 0 Å². The number of benzene rings is 1. The Hall–Kier alpha value is -2.50. The van der Waals surface area contributed by atoms with Gasteiger partial charge >= 0.3 is 11.3 Å². The number of hydrogen-bond acceptors (Lipinski definition) is 3. The van der Waals surface area contributed by atoms with Crippen LogP contribution >= 0.6 is 0 Å². The molecule has 0 saturated heterocycles. The van der Waals surface area contributed by atoms with Crippen molar-refractivity contribution < 1.29 is 4.98 Å². The highest BCUT2D eigenvalue weighted by atomic mass is 16.1. The van der Waals surface area contributed by atoms with Gasteiger partial charge < -0.3 is 0 Å². The summed E-state index contributed by atoms with van der Waals surface area (Å²) in [5.74, 6) is 0.395. The first-order valence-electron chi connectivity index (χ1n) is 4.76. The van der Waals surface area contributed by atoms with Crippen molar-refractivity contribution in [2.45, 2.75) is 0 Å². The van der Waals surface area contributed by atoms with E-state index in [1.54, 1.807) is 0 Å². The Labute approximate surface area is 89.6 Å². The van der Waals surface area contributed by atoms with Crippen molar-refractivity contribution >= 4 is 5.78 Å². The molecule has 0 saturated carbocycles. The zero-order valence-corrected chi connectivity index (χ0v) is 8.21. The minimum absolute atomic E-state index is 0.197. The molecule has 0 amide bonds. The predicted octanol–water partition coefficient (Wildman–Crippen LogP) is -0.101. The lowest BCUT2D eigenvalue weighted by atomic mass is 10.1. The number of H-pyrrole nitrogens is 2. The standard InChI is InChI=1S/C10H7N5O/c16-9-6-8(7-4-2-1-3-5-7)11-10-12-13-14-15(9)10/h1-6H,(H,11,12,14)/p+1. The van der Waals surface area contributed by atoms with Gasteiger partial charge in [0.05, 0.1) is 11.2 Å². The summed E-state index contributed by atoms with van der Waals surface area (Å²) in [5, 5.41) is 9.80. The molecule has 0 radical (unpaired) electrons. The fraction of sp³-hybridized carbons (Fsp3) is 0. The lowest BCUT2D eigenvalue weighted by Crippen LogP contribution is -2.23. The van der Waals surface area contributed by atoms with Gasteiger partial charge in [0.25, 0.3) is 0 Å². The van der Waals surface area contributed by atoms with Gasteiger partial charge in [-0.1, -0.05) is 34.8 Å². The van der Waals surface area contributed by atoms with E-state index in [1.807, 2.05) is 30.3 Å². The summed E-state index contributed by atoms with van der Waals surface area (Å²) in [5.41, 5.74) is 1.46. The molecule has 3 aromatic rings. The van der Waals surface area contributed by atoms with E-state index in [1.165, 1.54) is 10.6 Å². The summed E-state index contributed by atoms with van der Waals surface area (Å²) >= 11 is 0. The Bertz CT molecular complexity index is 685. The smallest absolute Gasteiger partial charge is 0.248 e. The average Bonchev–Trinajstić information content (AvgIpc) is 2.79. The van der Waals surface area contributed by atoms with Crippen LogP contribution < -0.4 is 10.5 Å². The molecule has 0 aliphatic rings. The van der Waals surface area contributed by atoms with Crippen LogP contribution in [0.15, 0.2) is 41.2 Å². The molecule has 6 nitrogen and oxygen atoms in total. The summed E-state index contributed by atoms with van der Waals surface area (Å²) < 4.78 is 1.24. The van der Waals surface area contributed by atoms with Crippen molar-refractivity contribution in [1.29, 1.82) is 0 Å². The molecular weight excluding hydrogens is 206 g/mol. The zero-order valence-electron chi connectivity index (χ0n) is 8.21. The molecule has 78 valence electrons. The van der Waals surface area contributed by atoms with Gasteiger partial charge in [0.15, 0.2) is 0 Å². The molecular formula is C10H8N5O+. The van der Waals surface area contributed by atoms with Crippen LogP contribution in [0.2, 0.25) is 0 Å². The van der Waals surface area contributed by atoms with E-state index in [-0.39, 0.29) is 5.56 Å². The third kappa shape index (κ3) is 1.28. The zero-order chi connectivity index (χ0) is 11.0. The first-order chi connectivity index (χ1) is 7.84. The molecule has 0 aliphatic heterocycles. The third-order valence-corrected chi connectivity index (χ3v) is 2.32. The van der Waals surface area contributed by atoms with Gasteiger partial charge in [-0.05, 0) is 0 Å². The molecule has 16 heavy (non-hydrogen) atoms. The Kier molecular flexibility index (Phi) is 1.79. The SMILES string of the molecule is O=c1cc(-c2ccccc2)[nH+]c2nn[nH]n12. The fourth-order valence-electron chi connectivity index (χ4n) is 1.56. The Balaban J connectivity index is 2.30. The second kappa shape index (κ2) is 3.27. The molecule has 0 spiro atoms. The molecule has 0 bridgehead atoms. The number of nitrogens with zero attached hydrogens (tertiary/aromatic N) is 3. The van der Waals surface area contributed by atoms with E-state index in [0.29, 0.717) is 5.78 Å². The second-order valence-corrected chi connectivity index (χ2v) is 3.35. The number of tetrazole rings is 1. The normalized spacial score (nSPS) is 10.8. The van der Waals surface area contributed by atoms with Crippen LogP contribution in [0.25, 0.3) is 17.0 Å². The second-order valence-electron chi connectivity index (χ2n) is 3.35. The van der Waals surface area contributed by atoms with E-state index in [2.05, 4.69) is 20.5 Å². The van der Waals surface area contributed by atoms with Crippen LogP contribution in [0.4, 0.5) is 0 Å². The van der Waals surface area contributed by atoms with Crippen LogP contribution in [-0.2, 0) is 0 Å². The van der Waals surface area contributed by atoms with E-state index < -0.39 is 0 Å². The summed E-state index contributed by atoms with van der Waals surface area (Å²) in [6, 6.07) is 11.1. The van der Waals surface area contributed by atoms with Crippen LogP contribution in [0.5, 0.6) is 0 Å². The minimum Gasteiger partial charge on any atom is -0.248 e. The van der Waals surface area contributed by atoms with Gasteiger partial charge in [-0.25, -0.2) is 9.78 Å². The van der Waals surface area contributed by atoms with Crippen LogP contribution in [-0.4, -0.2) is 20.0 Å². The van der Waals surface area contributed by atoms with Crippen molar-refractivity contribution in [2.75, 3.05) is 0 Å². The summed E-state index contributed by atoms with van der Waals surface area (Å²) in [6.07, 6.45) is 0. The number of rotatable bonds is 1.